The lowest BCUT2D eigenvalue weighted by Crippen LogP contribution is -2.46. The number of amides is 3. The van der Waals surface area contributed by atoms with E-state index in [0.29, 0.717) is 32.5 Å². The fraction of sp³-hybridized carbons (Fsp3) is 0.850. The van der Waals surface area contributed by atoms with Crippen molar-refractivity contribution in [3.63, 3.8) is 0 Å². The molecule has 1 unspecified atom stereocenters. The highest BCUT2D eigenvalue weighted by Crippen LogP contribution is 2.37. The molecule has 0 bridgehead atoms. The van der Waals surface area contributed by atoms with Crippen molar-refractivity contribution in [3.05, 3.63) is 10.4 Å². The van der Waals surface area contributed by atoms with Gasteiger partial charge in [0.15, 0.2) is 0 Å². The molecule has 0 fully saturated rings. The van der Waals surface area contributed by atoms with E-state index in [9.17, 15) is 14.4 Å². The molecule has 3 amide bonds. The number of carbonyl (C=O) groups is 3. The number of nitrogens with zero attached hydrogens (tertiary/aromatic N) is 3. The minimum Gasteiger partial charge on any atom is -0.356 e. The van der Waals surface area contributed by atoms with Crippen LogP contribution in [0.15, 0.2) is 5.11 Å². The molecular formula is C20H38N6O3. The van der Waals surface area contributed by atoms with E-state index in [1.54, 1.807) is 0 Å². The predicted octanol–water partition coefficient (Wildman–Crippen LogP) is 3.06. The molecule has 0 aromatic heterocycles. The second kappa shape index (κ2) is 13.8. The molecule has 0 rings (SSSR count). The van der Waals surface area contributed by atoms with Crippen LogP contribution in [0.2, 0.25) is 0 Å². The van der Waals surface area contributed by atoms with E-state index in [2.05, 4.69) is 26.0 Å². The normalized spacial score (nSPS) is 13.0. The van der Waals surface area contributed by atoms with Crippen LogP contribution in [0, 0.1) is 10.8 Å². The molecule has 0 spiro atoms. The van der Waals surface area contributed by atoms with Gasteiger partial charge in [0.25, 0.3) is 0 Å². The van der Waals surface area contributed by atoms with Crippen LogP contribution in [0.4, 0.5) is 0 Å². The van der Waals surface area contributed by atoms with Crippen molar-refractivity contribution in [2.45, 2.75) is 73.1 Å². The van der Waals surface area contributed by atoms with Crippen molar-refractivity contribution in [2.24, 2.45) is 15.9 Å². The molecule has 0 aliphatic rings. The van der Waals surface area contributed by atoms with Gasteiger partial charge in [-0.15, -0.1) is 0 Å². The van der Waals surface area contributed by atoms with Gasteiger partial charge in [-0.1, -0.05) is 39.7 Å². The number of azide groups is 1. The number of rotatable bonds is 15. The van der Waals surface area contributed by atoms with E-state index in [4.69, 9.17) is 5.53 Å². The average molecular weight is 411 g/mol. The smallest absolute Gasteiger partial charge is 0.225 e. The molecule has 0 saturated carbocycles. The predicted molar refractivity (Wildman–Crippen MR) is 114 cm³/mol. The Morgan fingerprint density at radius 2 is 1.48 bits per heavy atom. The summed E-state index contributed by atoms with van der Waals surface area (Å²) in [7, 11) is 0. The summed E-state index contributed by atoms with van der Waals surface area (Å²) in [5.41, 5.74) is 6.92. The fourth-order valence-corrected chi connectivity index (χ4v) is 3.12. The van der Waals surface area contributed by atoms with Crippen molar-refractivity contribution in [3.8, 4) is 0 Å². The quantitative estimate of drug-likeness (QED) is 0.166. The zero-order chi connectivity index (χ0) is 22.3. The van der Waals surface area contributed by atoms with Gasteiger partial charge in [-0.2, -0.15) is 0 Å². The van der Waals surface area contributed by atoms with Crippen LogP contribution >= 0.6 is 0 Å². The third-order valence-corrected chi connectivity index (χ3v) is 5.05. The van der Waals surface area contributed by atoms with E-state index in [0.717, 1.165) is 25.7 Å². The van der Waals surface area contributed by atoms with Crippen molar-refractivity contribution in [2.75, 3.05) is 26.2 Å². The summed E-state index contributed by atoms with van der Waals surface area (Å²) in [6, 6.07) is 0. The highest BCUT2D eigenvalue weighted by Gasteiger charge is 2.40. The SMILES string of the molecule is CCCNC(=O)C(C)(CC)CC(C)(C)C(=O)NCCCCCNC(=O)CN=[N+]=[N-]. The fourth-order valence-electron chi connectivity index (χ4n) is 3.12. The highest BCUT2D eigenvalue weighted by molar-refractivity contribution is 5.85. The molecule has 166 valence electrons. The van der Waals surface area contributed by atoms with Gasteiger partial charge in [0.1, 0.15) is 6.54 Å². The van der Waals surface area contributed by atoms with Crippen LogP contribution in [0.1, 0.15) is 73.1 Å². The zero-order valence-corrected chi connectivity index (χ0v) is 18.6. The Morgan fingerprint density at radius 3 is 2.03 bits per heavy atom. The first-order valence-electron chi connectivity index (χ1n) is 10.5. The largest absolute Gasteiger partial charge is 0.356 e. The van der Waals surface area contributed by atoms with Gasteiger partial charge in [0.2, 0.25) is 17.7 Å². The van der Waals surface area contributed by atoms with Crippen LogP contribution < -0.4 is 16.0 Å². The van der Waals surface area contributed by atoms with Crippen LogP contribution in [0.3, 0.4) is 0 Å². The maximum absolute atomic E-state index is 12.6. The molecule has 1 atom stereocenters. The van der Waals surface area contributed by atoms with Gasteiger partial charge in [0, 0.05) is 35.4 Å². The van der Waals surface area contributed by atoms with Gasteiger partial charge >= 0.3 is 0 Å². The summed E-state index contributed by atoms with van der Waals surface area (Å²) in [5.74, 6) is -0.340. The lowest BCUT2D eigenvalue weighted by atomic mass is 9.71. The first-order valence-corrected chi connectivity index (χ1v) is 10.5. The van der Waals surface area contributed by atoms with E-state index in [1.165, 1.54) is 0 Å². The third-order valence-electron chi connectivity index (χ3n) is 5.05. The lowest BCUT2D eigenvalue weighted by molar-refractivity contribution is -0.137. The Labute approximate surface area is 174 Å². The Morgan fingerprint density at radius 1 is 0.897 bits per heavy atom. The molecule has 29 heavy (non-hydrogen) atoms. The second-order valence-electron chi connectivity index (χ2n) is 8.29. The van der Waals surface area contributed by atoms with Gasteiger partial charge < -0.3 is 16.0 Å². The lowest BCUT2D eigenvalue weighted by Gasteiger charge is -2.35. The maximum Gasteiger partial charge on any atom is 0.225 e. The number of nitrogens with one attached hydrogen (secondary N) is 3. The van der Waals surface area contributed by atoms with Crippen molar-refractivity contribution in [1.29, 1.82) is 0 Å². The molecular weight excluding hydrogens is 372 g/mol. The molecule has 3 N–H and O–H groups in total. The minimum absolute atomic E-state index is 0.00485. The van der Waals surface area contributed by atoms with E-state index >= 15 is 0 Å². The Hall–Kier alpha value is -2.28. The molecule has 0 heterocycles. The van der Waals surface area contributed by atoms with Gasteiger partial charge in [-0.25, -0.2) is 0 Å². The van der Waals surface area contributed by atoms with E-state index < -0.39 is 10.8 Å². The topological polar surface area (TPSA) is 136 Å². The van der Waals surface area contributed by atoms with Crippen LogP contribution in [-0.4, -0.2) is 43.9 Å². The maximum atomic E-state index is 12.6. The molecule has 0 aliphatic heterocycles. The molecule has 9 heteroatoms. The number of hydrogen-bond acceptors (Lipinski definition) is 4. The highest BCUT2D eigenvalue weighted by atomic mass is 16.2. The van der Waals surface area contributed by atoms with Gasteiger partial charge in [-0.05, 0) is 44.1 Å². The number of unbranched alkanes of at least 4 members (excludes halogenated alkanes) is 2. The number of hydrogen-bond donors (Lipinski definition) is 3. The molecule has 9 nitrogen and oxygen atoms in total. The van der Waals surface area contributed by atoms with Crippen LogP contribution in [0.25, 0.3) is 10.4 Å². The summed E-state index contributed by atoms with van der Waals surface area (Å²) in [5, 5.41) is 11.8. The van der Waals surface area contributed by atoms with Gasteiger partial charge in [0.05, 0.1) is 0 Å². The summed E-state index contributed by atoms with van der Waals surface area (Å²) < 4.78 is 0. The van der Waals surface area contributed by atoms with Gasteiger partial charge in [-0.3, -0.25) is 14.4 Å². The zero-order valence-electron chi connectivity index (χ0n) is 18.6. The molecule has 0 saturated heterocycles. The molecule has 0 aliphatic carbocycles. The average Bonchev–Trinajstić information content (AvgIpc) is 2.68. The second-order valence-corrected chi connectivity index (χ2v) is 8.29. The van der Waals surface area contributed by atoms with Crippen molar-refractivity contribution >= 4 is 17.7 Å². The minimum atomic E-state index is -0.649. The van der Waals surface area contributed by atoms with E-state index in [-0.39, 0.29) is 24.3 Å². The number of carbonyl (C=O) groups excluding carboxylic acids is 3. The molecule has 0 aromatic rings. The Bertz CT molecular complexity index is 587. The van der Waals surface area contributed by atoms with Crippen molar-refractivity contribution < 1.29 is 14.4 Å². The van der Waals surface area contributed by atoms with Crippen LogP contribution in [-0.2, 0) is 14.4 Å². The third kappa shape index (κ3) is 10.7. The monoisotopic (exact) mass is 410 g/mol. The van der Waals surface area contributed by atoms with E-state index in [1.807, 2.05) is 34.6 Å². The molecule has 0 aromatic carbocycles. The Kier molecular flexibility index (Phi) is 12.7. The first kappa shape index (κ1) is 26.7. The summed E-state index contributed by atoms with van der Waals surface area (Å²) in [4.78, 5) is 39.0. The summed E-state index contributed by atoms with van der Waals surface area (Å²) >= 11 is 0. The Balaban J connectivity index is 4.28. The van der Waals surface area contributed by atoms with Crippen LogP contribution in [0.5, 0.6) is 0 Å². The summed E-state index contributed by atoms with van der Waals surface area (Å²) in [6.07, 6.45) is 4.48. The summed E-state index contributed by atoms with van der Waals surface area (Å²) in [6.45, 7) is 11.2. The standard InChI is InChI=1S/C20H38N6O3/c1-6-11-23-18(29)20(5,7-2)15-19(3,4)17(28)24-13-10-8-9-12-22-16(27)14-25-26-21/h6-15H2,1-5H3,(H,22,27)(H,23,29)(H,24,28). The van der Waals surface area contributed by atoms with Crippen molar-refractivity contribution in [1.82, 2.24) is 16.0 Å². The molecule has 0 radical (unpaired) electrons. The first-order chi connectivity index (χ1) is 13.6.